The summed E-state index contributed by atoms with van der Waals surface area (Å²) < 4.78 is 39.2. The Morgan fingerprint density at radius 1 is 1.04 bits per heavy atom. The van der Waals surface area contributed by atoms with E-state index in [9.17, 15) is 17.7 Å². The molecule has 1 aliphatic heterocycles. The van der Waals surface area contributed by atoms with E-state index in [1.165, 1.54) is 6.07 Å². The molecule has 1 unspecified atom stereocenters. The van der Waals surface area contributed by atoms with Crippen LogP contribution in [-0.2, 0) is 14.6 Å². The summed E-state index contributed by atoms with van der Waals surface area (Å²) in [6, 6.07) is 13.8. The van der Waals surface area contributed by atoms with Crippen molar-refractivity contribution in [3.63, 3.8) is 0 Å². The third-order valence-corrected chi connectivity index (χ3v) is 5.00. The number of halogens is 1. The van der Waals surface area contributed by atoms with Gasteiger partial charge in [0.25, 0.3) is 0 Å². The van der Waals surface area contributed by atoms with Gasteiger partial charge in [0.15, 0.2) is 22.2 Å². The van der Waals surface area contributed by atoms with Crippen LogP contribution in [0.4, 0.5) is 10.2 Å². The van der Waals surface area contributed by atoms with Gasteiger partial charge in [-0.2, -0.15) is 5.12 Å². The number of hydrogen-bond donors (Lipinski definition) is 0. The number of aldehydes is 1. The number of hydrogen-bond acceptors (Lipinski definition) is 4. The Labute approximate surface area is 133 Å². The molecule has 23 heavy (non-hydrogen) atoms. The molecular weight excluding hydrogens is 317 g/mol. The molecule has 1 aliphatic rings. The van der Waals surface area contributed by atoms with Gasteiger partial charge in [-0.05, 0) is 11.6 Å². The number of benzene rings is 2. The first kappa shape index (κ1) is 15.4. The van der Waals surface area contributed by atoms with E-state index in [-0.39, 0.29) is 15.7 Å². The molecule has 4 nitrogen and oxygen atoms in total. The summed E-state index contributed by atoms with van der Waals surface area (Å²) in [6.07, 6.45) is 1.30. The Morgan fingerprint density at radius 3 is 2.26 bits per heavy atom. The predicted molar refractivity (Wildman–Crippen MR) is 87.2 cm³/mol. The molecule has 6 heteroatoms. The highest BCUT2D eigenvalue weighted by atomic mass is 32.2. The van der Waals surface area contributed by atoms with Crippen molar-refractivity contribution in [1.82, 2.24) is 0 Å². The fourth-order valence-corrected chi connectivity index (χ4v) is 4.01. The molecule has 0 radical (unpaired) electrons. The van der Waals surface area contributed by atoms with E-state index in [1.54, 1.807) is 48.5 Å². The normalized spacial score (nSPS) is 17.8. The Kier molecular flexibility index (Phi) is 3.77. The van der Waals surface area contributed by atoms with Crippen LogP contribution in [-0.4, -0.2) is 27.0 Å². The van der Waals surface area contributed by atoms with Crippen molar-refractivity contribution in [3.8, 4) is 0 Å². The molecule has 3 rings (SSSR count). The van der Waals surface area contributed by atoms with E-state index in [0.29, 0.717) is 23.0 Å². The minimum atomic E-state index is -3.79. The topological polar surface area (TPSA) is 54.5 Å². The van der Waals surface area contributed by atoms with Crippen LogP contribution in [0.2, 0.25) is 0 Å². The predicted octanol–water partition coefficient (Wildman–Crippen LogP) is 2.76. The first-order valence-electron chi connectivity index (χ1n) is 6.94. The fourth-order valence-electron chi connectivity index (χ4n) is 2.83. The lowest BCUT2D eigenvalue weighted by Crippen LogP contribution is -2.38. The maximum absolute atomic E-state index is 14.6. The molecule has 0 spiro atoms. The molecule has 0 aliphatic carbocycles. The smallest absolute Gasteiger partial charge is 0.174 e. The van der Waals surface area contributed by atoms with Crippen LogP contribution in [0.25, 0.3) is 5.57 Å². The Hall–Kier alpha value is -2.47. The molecule has 1 heterocycles. The van der Waals surface area contributed by atoms with Crippen LogP contribution in [0.3, 0.4) is 0 Å². The molecule has 0 aromatic heterocycles. The minimum Gasteiger partial charge on any atom is -0.301 e. The summed E-state index contributed by atoms with van der Waals surface area (Å²) in [5.41, 5.74) is 1.62. The molecule has 0 fully saturated rings. The van der Waals surface area contributed by atoms with Crippen LogP contribution in [0.5, 0.6) is 0 Å². The van der Waals surface area contributed by atoms with Gasteiger partial charge >= 0.3 is 0 Å². The van der Waals surface area contributed by atoms with Crippen molar-refractivity contribution in [3.05, 3.63) is 70.6 Å². The van der Waals surface area contributed by atoms with Gasteiger partial charge in [0.2, 0.25) is 0 Å². The number of para-hydroxylation sites is 1. The number of rotatable bonds is 3. The average Bonchev–Trinajstić information content (AvgIpc) is 2.54. The lowest BCUT2D eigenvalue weighted by Gasteiger charge is -2.32. The zero-order valence-electron chi connectivity index (χ0n) is 12.3. The maximum atomic E-state index is 14.6. The zero-order chi connectivity index (χ0) is 16.6. The lowest BCUT2D eigenvalue weighted by molar-refractivity contribution is -0.108. The van der Waals surface area contributed by atoms with Gasteiger partial charge in [0, 0.05) is 17.4 Å². The number of carbonyl (C=O) groups is 1. The number of sulfone groups is 1. The van der Waals surface area contributed by atoms with E-state index in [1.807, 2.05) is 0 Å². The van der Waals surface area contributed by atoms with Gasteiger partial charge in [-0.25, -0.2) is 8.42 Å². The van der Waals surface area contributed by atoms with Crippen molar-refractivity contribution < 1.29 is 17.7 Å². The summed E-state index contributed by atoms with van der Waals surface area (Å²) in [5.74, 6) is 0. The molecule has 118 valence electrons. The van der Waals surface area contributed by atoms with Gasteiger partial charge < -0.3 is 4.79 Å². The van der Waals surface area contributed by atoms with Crippen LogP contribution < -0.4 is 5.12 Å². The Balaban J connectivity index is 2.45. The monoisotopic (exact) mass is 331 g/mol. The Morgan fingerprint density at radius 2 is 1.65 bits per heavy atom. The van der Waals surface area contributed by atoms with Crippen molar-refractivity contribution in [1.29, 1.82) is 0 Å². The first-order valence-corrected chi connectivity index (χ1v) is 8.83. The number of fused-ring (bicyclic) bond motifs is 1. The van der Waals surface area contributed by atoms with E-state index in [0.717, 1.165) is 6.26 Å². The lowest BCUT2D eigenvalue weighted by atomic mass is 9.91. The molecule has 2 aromatic rings. The first-order chi connectivity index (χ1) is 10.9. The Bertz CT molecular complexity index is 891. The second-order valence-corrected chi connectivity index (χ2v) is 7.27. The van der Waals surface area contributed by atoms with E-state index in [2.05, 4.69) is 0 Å². The molecule has 0 saturated carbocycles. The van der Waals surface area contributed by atoms with Gasteiger partial charge in [0.05, 0.1) is 10.6 Å². The second kappa shape index (κ2) is 5.62. The summed E-state index contributed by atoms with van der Waals surface area (Å²) in [4.78, 5) is 11.2. The molecule has 0 bridgehead atoms. The number of anilines is 1. The zero-order valence-corrected chi connectivity index (χ0v) is 13.1. The van der Waals surface area contributed by atoms with Gasteiger partial charge in [0.1, 0.15) is 0 Å². The molecule has 0 saturated heterocycles. The highest BCUT2D eigenvalue weighted by Gasteiger charge is 2.38. The summed E-state index contributed by atoms with van der Waals surface area (Å²) in [5, 5.41) is 0.213. The van der Waals surface area contributed by atoms with Crippen molar-refractivity contribution >= 4 is 27.4 Å². The number of carbonyl (C=O) groups excluding carboxylic acids is 1. The second-order valence-electron chi connectivity index (χ2n) is 5.29. The van der Waals surface area contributed by atoms with Crippen LogP contribution in [0.15, 0.2) is 59.5 Å². The summed E-state index contributed by atoms with van der Waals surface area (Å²) in [7, 11) is -3.79. The van der Waals surface area contributed by atoms with E-state index < -0.39 is 15.9 Å². The standard InChI is InChI=1S/C17H14FNO3S/c1-23(21,22)17-15(11-20)19(18)14-10-6-5-9-13(14)16(17)12-7-3-2-4-8-12/h2-11,15H,1H3. The summed E-state index contributed by atoms with van der Waals surface area (Å²) in [6.45, 7) is 0. The molecule has 0 N–H and O–H groups in total. The van der Waals surface area contributed by atoms with Crippen LogP contribution in [0.1, 0.15) is 11.1 Å². The van der Waals surface area contributed by atoms with Gasteiger partial charge in [-0.1, -0.05) is 53.0 Å². The number of nitrogens with zero attached hydrogens (tertiary/aromatic N) is 1. The largest absolute Gasteiger partial charge is 0.301 e. The van der Waals surface area contributed by atoms with Crippen LogP contribution >= 0.6 is 0 Å². The van der Waals surface area contributed by atoms with E-state index in [4.69, 9.17) is 0 Å². The van der Waals surface area contributed by atoms with Crippen molar-refractivity contribution in [2.45, 2.75) is 6.04 Å². The highest BCUT2D eigenvalue weighted by Crippen LogP contribution is 2.42. The molecule has 1 atom stereocenters. The molecule has 2 aromatic carbocycles. The maximum Gasteiger partial charge on any atom is 0.174 e. The van der Waals surface area contributed by atoms with Crippen molar-refractivity contribution in [2.75, 3.05) is 11.4 Å². The van der Waals surface area contributed by atoms with E-state index >= 15 is 0 Å². The van der Waals surface area contributed by atoms with Gasteiger partial charge in [-0.3, -0.25) is 0 Å². The highest BCUT2D eigenvalue weighted by molar-refractivity contribution is 7.94. The fraction of sp³-hybridized carbons (Fsp3) is 0.118. The minimum absolute atomic E-state index is 0.177. The third kappa shape index (κ3) is 2.55. The summed E-state index contributed by atoms with van der Waals surface area (Å²) >= 11 is 0. The quantitative estimate of drug-likeness (QED) is 0.641. The molecular formula is C17H14FNO3S. The SMILES string of the molecule is CS(=O)(=O)C1=C(c2ccccc2)c2ccccc2N(F)C1C=O. The average molecular weight is 331 g/mol. The van der Waals surface area contributed by atoms with Gasteiger partial charge in [-0.15, -0.1) is 0 Å². The van der Waals surface area contributed by atoms with Crippen molar-refractivity contribution in [2.24, 2.45) is 0 Å². The third-order valence-electron chi connectivity index (χ3n) is 3.75. The molecule has 0 amide bonds. The van der Waals surface area contributed by atoms with Crippen LogP contribution in [0, 0.1) is 0 Å².